The van der Waals surface area contributed by atoms with E-state index in [4.69, 9.17) is 0 Å². The summed E-state index contributed by atoms with van der Waals surface area (Å²) < 4.78 is 14.6. The summed E-state index contributed by atoms with van der Waals surface area (Å²) in [6, 6.07) is 9.34. The third-order valence-corrected chi connectivity index (χ3v) is 7.30. The molecule has 1 aliphatic carbocycles. The minimum atomic E-state index is -1.37. The van der Waals surface area contributed by atoms with Gasteiger partial charge in [0.1, 0.15) is 11.5 Å². The smallest absolute Gasteiger partial charge is 0.127 e. The molecule has 34 heavy (non-hydrogen) atoms. The summed E-state index contributed by atoms with van der Waals surface area (Å²) in [6.45, 7) is 15.8. The fraction of sp³-hybridized carbons (Fsp3) is 0.517. The Balaban J connectivity index is 1.71. The first-order valence-corrected chi connectivity index (χ1v) is 13.0. The predicted octanol–water partition coefficient (Wildman–Crippen LogP) is 7.11. The molecule has 1 aromatic carbocycles. The maximum Gasteiger partial charge on any atom is 0.127 e. The summed E-state index contributed by atoms with van der Waals surface area (Å²) in [5.41, 5.74) is 2.47. The lowest BCUT2D eigenvalue weighted by molar-refractivity contribution is 0.228. The monoisotopic (exact) mass is 483 g/mol. The van der Waals surface area contributed by atoms with E-state index < -0.39 is 5.67 Å². The first-order chi connectivity index (χ1) is 15.9. The van der Waals surface area contributed by atoms with Crippen LogP contribution in [0, 0.1) is 0 Å². The van der Waals surface area contributed by atoms with Gasteiger partial charge in [0.15, 0.2) is 0 Å². The van der Waals surface area contributed by atoms with Gasteiger partial charge in [0.05, 0.1) is 5.54 Å². The molecular formula is C29H42FN3S. The zero-order chi connectivity index (χ0) is 25.1. The van der Waals surface area contributed by atoms with Crippen molar-refractivity contribution in [3.63, 3.8) is 0 Å². The van der Waals surface area contributed by atoms with E-state index in [2.05, 4.69) is 91.9 Å². The summed E-state index contributed by atoms with van der Waals surface area (Å²) in [6.07, 6.45) is 11.5. The Hall–Kier alpha value is -2.14. The quantitative estimate of drug-likeness (QED) is 0.344. The molecule has 186 valence electrons. The van der Waals surface area contributed by atoms with Crippen LogP contribution >= 0.6 is 12.6 Å². The molecule has 3 nitrogen and oxygen atoms in total. The molecule has 5 heteroatoms. The highest BCUT2D eigenvalue weighted by atomic mass is 32.1. The van der Waals surface area contributed by atoms with Crippen molar-refractivity contribution in [1.29, 1.82) is 0 Å². The number of allylic oxidation sites excluding steroid dienone is 2. The number of benzene rings is 1. The summed E-state index contributed by atoms with van der Waals surface area (Å²) in [5.74, 6) is 0.973. The lowest BCUT2D eigenvalue weighted by atomic mass is 9.90. The van der Waals surface area contributed by atoms with Gasteiger partial charge in [-0.1, -0.05) is 37.8 Å². The van der Waals surface area contributed by atoms with E-state index in [1.54, 1.807) is 13.8 Å². The zero-order valence-corrected chi connectivity index (χ0v) is 22.6. The molecule has 2 unspecified atom stereocenters. The van der Waals surface area contributed by atoms with E-state index in [-0.39, 0.29) is 5.54 Å². The summed E-state index contributed by atoms with van der Waals surface area (Å²) in [7, 11) is 0. The van der Waals surface area contributed by atoms with Crippen molar-refractivity contribution in [1.82, 2.24) is 15.5 Å². The lowest BCUT2D eigenvalue weighted by Gasteiger charge is -2.43. The van der Waals surface area contributed by atoms with Crippen molar-refractivity contribution < 1.29 is 4.39 Å². The van der Waals surface area contributed by atoms with E-state index in [1.165, 1.54) is 5.56 Å². The Kier molecular flexibility index (Phi) is 8.28. The highest BCUT2D eigenvalue weighted by molar-refractivity contribution is 7.84. The third kappa shape index (κ3) is 6.71. The van der Waals surface area contributed by atoms with Crippen LogP contribution in [-0.4, -0.2) is 28.2 Å². The molecule has 1 heterocycles. The van der Waals surface area contributed by atoms with Crippen LogP contribution in [0.2, 0.25) is 0 Å². The van der Waals surface area contributed by atoms with Crippen molar-refractivity contribution >= 4 is 18.3 Å². The highest BCUT2D eigenvalue weighted by Crippen LogP contribution is 2.33. The van der Waals surface area contributed by atoms with Gasteiger partial charge in [-0.15, -0.1) is 12.6 Å². The Morgan fingerprint density at radius 3 is 2.50 bits per heavy atom. The van der Waals surface area contributed by atoms with E-state index in [1.807, 2.05) is 13.1 Å². The topological polar surface area (TPSA) is 27.3 Å². The molecule has 1 fully saturated rings. The second kappa shape index (κ2) is 10.6. The van der Waals surface area contributed by atoms with Crippen molar-refractivity contribution in [3.8, 4) is 0 Å². The van der Waals surface area contributed by atoms with E-state index in [0.717, 1.165) is 54.1 Å². The fourth-order valence-corrected chi connectivity index (χ4v) is 5.06. The van der Waals surface area contributed by atoms with Crippen LogP contribution in [0.5, 0.6) is 0 Å². The maximum atomic E-state index is 14.6. The van der Waals surface area contributed by atoms with Gasteiger partial charge in [0.2, 0.25) is 0 Å². The average Bonchev–Trinajstić information content (AvgIpc) is 2.75. The van der Waals surface area contributed by atoms with Crippen molar-refractivity contribution in [2.75, 3.05) is 0 Å². The van der Waals surface area contributed by atoms with Gasteiger partial charge in [-0.05, 0) is 95.6 Å². The van der Waals surface area contributed by atoms with Gasteiger partial charge >= 0.3 is 0 Å². The number of aryl methyl sites for hydroxylation is 1. The summed E-state index contributed by atoms with van der Waals surface area (Å²) >= 11 is 4.66. The van der Waals surface area contributed by atoms with Crippen LogP contribution in [0.25, 0.3) is 5.70 Å². The van der Waals surface area contributed by atoms with Crippen LogP contribution in [0.15, 0.2) is 65.5 Å². The first kappa shape index (κ1) is 26.5. The van der Waals surface area contributed by atoms with Crippen LogP contribution in [0.1, 0.15) is 78.4 Å². The van der Waals surface area contributed by atoms with Gasteiger partial charge in [-0.3, -0.25) is 0 Å². The Bertz CT molecular complexity index is 966. The van der Waals surface area contributed by atoms with E-state index in [0.29, 0.717) is 17.7 Å². The second-order valence-corrected chi connectivity index (χ2v) is 11.3. The first-order valence-electron chi connectivity index (χ1n) is 12.5. The summed E-state index contributed by atoms with van der Waals surface area (Å²) in [5, 5.41) is 7.44. The maximum absolute atomic E-state index is 14.6. The number of rotatable bonds is 8. The number of hydrogen-bond acceptors (Lipinski definition) is 4. The highest BCUT2D eigenvalue weighted by Gasteiger charge is 2.32. The SMILES string of the molecule is C=C(NC1CCCC(NC2=CC(S)=CC(C)(C)N2/C=C(\C)C(C)(C)F)C1)c1ccc(CC)cc1. The van der Waals surface area contributed by atoms with Gasteiger partial charge < -0.3 is 15.5 Å². The molecule has 2 N–H and O–H groups in total. The van der Waals surface area contributed by atoms with Crippen molar-refractivity contribution in [2.24, 2.45) is 0 Å². The normalized spacial score (nSPS) is 23.2. The fourth-order valence-electron chi connectivity index (χ4n) is 4.62. The molecule has 1 aromatic rings. The zero-order valence-electron chi connectivity index (χ0n) is 21.7. The lowest BCUT2D eigenvalue weighted by Crippen LogP contribution is -2.49. The van der Waals surface area contributed by atoms with Crippen LogP contribution in [0.3, 0.4) is 0 Å². The predicted molar refractivity (Wildman–Crippen MR) is 147 cm³/mol. The van der Waals surface area contributed by atoms with Crippen molar-refractivity contribution in [3.05, 3.63) is 76.6 Å². The molecule has 0 bridgehead atoms. The molecular weight excluding hydrogens is 441 g/mol. The minimum absolute atomic E-state index is 0.314. The number of nitrogens with zero attached hydrogens (tertiary/aromatic N) is 1. The molecule has 1 aliphatic heterocycles. The van der Waals surface area contributed by atoms with E-state index >= 15 is 0 Å². The third-order valence-electron chi connectivity index (χ3n) is 7.04. The largest absolute Gasteiger partial charge is 0.382 e. The Morgan fingerprint density at radius 1 is 1.24 bits per heavy atom. The number of hydrogen-bond donors (Lipinski definition) is 3. The van der Waals surface area contributed by atoms with Crippen molar-refractivity contribution in [2.45, 2.75) is 96.9 Å². The minimum Gasteiger partial charge on any atom is -0.382 e. The van der Waals surface area contributed by atoms with E-state index in [9.17, 15) is 4.39 Å². The molecule has 3 rings (SSSR count). The number of thiol groups is 1. The van der Waals surface area contributed by atoms with Gasteiger partial charge in [0.25, 0.3) is 0 Å². The molecule has 0 aromatic heterocycles. The van der Waals surface area contributed by atoms with Crippen LogP contribution in [-0.2, 0) is 6.42 Å². The molecule has 2 atom stereocenters. The molecule has 1 saturated carbocycles. The number of alkyl halides is 1. The molecule has 0 amide bonds. The Morgan fingerprint density at radius 2 is 1.88 bits per heavy atom. The van der Waals surface area contributed by atoms with Gasteiger partial charge in [0, 0.05) is 28.9 Å². The average molecular weight is 484 g/mol. The molecule has 2 aliphatic rings. The second-order valence-electron chi connectivity index (χ2n) is 10.8. The summed E-state index contributed by atoms with van der Waals surface area (Å²) in [4.78, 5) is 3.07. The van der Waals surface area contributed by atoms with Crippen LogP contribution < -0.4 is 10.6 Å². The van der Waals surface area contributed by atoms with Crippen LogP contribution in [0.4, 0.5) is 4.39 Å². The van der Waals surface area contributed by atoms with Gasteiger partial charge in [-0.2, -0.15) is 0 Å². The standard InChI is InChI=1S/C29H42FN3S/c1-8-22-12-14-23(15-13-22)21(3)31-24-10-9-11-25(16-24)32-27-17-26(34)18-28(4,5)33(27)19-20(2)29(6,7)30/h12-15,17-19,24-25,31-32,34H,3,8-11,16H2,1-2,4-7H3/b20-19+. The molecule has 0 radical (unpaired) electrons. The number of halogens is 1. The number of nitrogens with one attached hydrogen (secondary N) is 2. The molecule has 0 spiro atoms. The molecule has 0 saturated heterocycles. The van der Waals surface area contributed by atoms with Gasteiger partial charge in [-0.25, -0.2) is 4.39 Å². The Labute approximate surface area is 211 Å².